The van der Waals surface area contributed by atoms with Crippen LogP contribution in [0.15, 0.2) is 36.5 Å². The SMILES string of the molecule is C.C=C/C=C(C)\C=C/C.CC. The molecule has 0 atom stereocenters. The van der Waals surface area contributed by atoms with E-state index in [0.29, 0.717) is 0 Å². The Kier molecular flexibility index (Phi) is 24.4. The number of rotatable bonds is 2. The van der Waals surface area contributed by atoms with E-state index >= 15 is 0 Å². The van der Waals surface area contributed by atoms with E-state index in [2.05, 4.69) is 6.58 Å². The van der Waals surface area contributed by atoms with E-state index in [4.69, 9.17) is 0 Å². The molecule has 0 aliphatic carbocycles. The summed E-state index contributed by atoms with van der Waals surface area (Å²) in [7, 11) is 0. The molecule has 0 N–H and O–H groups in total. The first-order valence-corrected chi connectivity index (χ1v) is 3.73. The Morgan fingerprint density at radius 1 is 1.27 bits per heavy atom. The summed E-state index contributed by atoms with van der Waals surface area (Å²) in [6, 6.07) is 0. The van der Waals surface area contributed by atoms with Crippen LogP contribution in [0.2, 0.25) is 0 Å². The van der Waals surface area contributed by atoms with Crippen molar-refractivity contribution in [2.75, 3.05) is 0 Å². The van der Waals surface area contributed by atoms with Crippen LogP contribution in [-0.2, 0) is 0 Å². The van der Waals surface area contributed by atoms with Crippen LogP contribution in [0.3, 0.4) is 0 Å². The molecule has 0 aromatic heterocycles. The second-order valence-corrected chi connectivity index (χ2v) is 1.65. The Morgan fingerprint density at radius 2 is 1.73 bits per heavy atom. The van der Waals surface area contributed by atoms with Gasteiger partial charge in [-0.1, -0.05) is 57.7 Å². The van der Waals surface area contributed by atoms with Crippen molar-refractivity contribution in [1.29, 1.82) is 0 Å². The molecule has 0 nitrogen and oxygen atoms in total. The van der Waals surface area contributed by atoms with Gasteiger partial charge in [-0.3, -0.25) is 0 Å². The lowest BCUT2D eigenvalue weighted by Gasteiger charge is -1.82. The lowest BCUT2D eigenvalue weighted by Crippen LogP contribution is -1.61. The average Bonchev–Trinajstić information content (AvgIpc) is 1.93. The summed E-state index contributed by atoms with van der Waals surface area (Å²) in [6.45, 7) is 11.6. The molecule has 0 rings (SSSR count). The van der Waals surface area contributed by atoms with E-state index in [-0.39, 0.29) is 7.43 Å². The Hall–Kier alpha value is -0.780. The fraction of sp³-hybridized carbons (Fsp3) is 0.455. The molecule has 0 fully saturated rings. The molecule has 11 heavy (non-hydrogen) atoms. The summed E-state index contributed by atoms with van der Waals surface area (Å²) in [4.78, 5) is 0. The van der Waals surface area contributed by atoms with Gasteiger partial charge in [0.1, 0.15) is 0 Å². The minimum atomic E-state index is 0. The fourth-order valence-electron chi connectivity index (χ4n) is 0.504. The molecule has 0 saturated carbocycles. The van der Waals surface area contributed by atoms with Gasteiger partial charge in [0.05, 0.1) is 0 Å². The van der Waals surface area contributed by atoms with Crippen molar-refractivity contribution in [2.45, 2.75) is 35.1 Å². The Balaban J connectivity index is -0.000000196. The molecule has 66 valence electrons. The predicted octanol–water partition coefficient (Wildman–Crippen LogP) is 4.36. The lowest BCUT2D eigenvalue weighted by molar-refractivity contribution is 1.50. The summed E-state index contributed by atoms with van der Waals surface area (Å²) in [5, 5.41) is 0. The molecule has 0 heterocycles. The fourth-order valence-corrected chi connectivity index (χ4v) is 0.504. The van der Waals surface area contributed by atoms with Crippen molar-refractivity contribution < 1.29 is 0 Å². The van der Waals surface area contributed by atoms with E-state index < -0.39 is 0 Å². The highest BCUT2D eigenvalue weighted by molar-refractivity contribution is 5.19. The van der Waals surface area contributed by atoms with E-state index in [1.165, 1.54) is 5.57 Å². The van der Waals surface area contributed by atoms with Crippen LogP contribution in [0.1, 0.15) is 35.1 Å². The molecule has 0 aliphatic heterocycles. The third-order valence-electron chi connectivity index (χ3n) is 0.810. The van der Waals surface area contributed by atoms with Gasteiger partial charge >= 0.3 is 0 Å². The molecule has 0 aromatic rings. The largest absolute Gasteiger partial charge is 0.0991 e. The van der Waals surface area contributed by atoms with Gasteiger partial charge in [-0.2, -0.15) is 0 Å². The smallest absolute Gasteiger partial charge is 0.0398 e. The van der Waals surface area contributed by atoms with Crippen LogP contribution < -0.4 is 0 Å². The zero-order valence-electron chi connectivity index (χ0n) is 7.52. The minimum Gasteiger partial charge on any atom is -0.0991 e. The van der Waals surface area contributed by atoms with Crippen molar-refractivity contribution in [3.8, 4) is 0 Å². The average molecular weight is 154 g/mol. The lowest BCUT2D eigenvalue weighted by atomic mass is 10.2. The van der Waals surface area contributed by atoms with E-state index in [0.717, 1.165) is 0 Å². The minimum absolute atomic E-state index is 0. The Labute approximate surface area is 72.3 Å². The second kappa shape index (κ2) is 16.1. The highest BCUT2D eigenvalue weighted by atomic mass is 13.8. The van der Waals surface area contributed by atoms with Gasteiger partial charge in [-0.25, -0.2) is 0 Å². The van der Waals surface area contributed by atoms with Crippen LogP contribution in [0.25, 0.3) is 0 Å². The maximum atomic E-state index is 3.57. The zero-order chi connectivity index (χ0) is 8.41. The van der Waals surface area contributed by atoms with Crippen LogP contribution >= 0.6 is 0 Å². The molecular formula is C11H22. The van der Waals surface area contributed by atoms with Crippen molar-refractivity contribution in [3.63, 3.8) is 0 Å². The summed E-state index contributed by atoms with van der Waals surface area (Å²) >= 11 is 0. The van der Waals surface area contributed by atoms with Crippen LogP contribution in [-0.4, -0.2) is 0 Å². The quantitative estimate of drug-likeness (QED) is 0.518. The molecule has 0 spiro atoms. The topological polar surface area (TPSA) is 0 Å². The summed E-state index contributed by atoms with van der Waals surface area (Å²) in [5.41, 5.74) is 1.24. The molecule has 0 amide bonds. The third kappa shape index (κ3) is 17.6. The van der Waals surface area contributed by atoms with Crippen LogP contribution in [0.5, 0.6) is 0 Å². The molecule has 0 aromatic carbocycles. The first-order chi connectivity index (χ1) is 4.81. The predicted molar refractivity (Wildman–Crippen MR) is 56.8 cm³/mol. The Morgan fingerprint density at radius 3 is 2.00 bits per heavy atom. The highest BCUT2D eigenvalue weighted by Gasteiger charge is 1.71. The summed E-state index contributed by atoms with van der Waals surface area (Å²) in [5.74, 6) is 0. The van der Waals surface area contributed by atoms with Gasteiger partial charge < -0.3 is 0 Å². The van der Waals surface area contributed by atoms with Crippen LogP contribution in [0, 0.1) is 0 Å². The second-order valence-electron chi connectivity index (χ2n) is 1.65. The Bertz CT molecular complexity index is 116. The van der Waals surface area contributed by atoms with Crippen molar-refractivity contribution in [2.24, 2.45) is 0 Å². The molecule has 0 heteroatoms. The molecular weight excluding hydrogens is 132 g/mol. The first-order valence-electron chi connectivity index (χ1n) is 3.73. The normalized spacial score (nSPS) is 9.64. The summed E-state index contributed by atoms with van der Waals surface area (Å²) in [6.07, 6.45) is 7.81. The summed E-state index contributed by atoms with van der Waals surface area (Å²) < 4.78 is 0. The van der Waals surface area contributed by atoms with Gasteiger partial charge in [0, 0.05) is 0 Å². The molecule has 0 saturated heterocycles. The zero-order valence-corrected chi connectivity index (χ0v) is 7.52. The number of hydrogen-bond acceptors (Lipinski definition) is 0. The van der Waals surface area contributed by atoms with E-state index in [9.17, 15) is 0 Å². The maximum absolute atomic E-state index is 3.57. The standard InChI is InChI=1S/C8H12.C2H6.CH4/c1-4-6-8(3)7-5-2;1-2;/h4-7H,1H2,2-3H3;1-2H3;1H4/b7-5-,8-6-;;. The molecule has 0 bridgehead atoms. The number of allylic oxidation sites excluding steroid dienone is 5. The molecule has 0 aliphatic rings. The van der Waals surface area contributed by atoms with Crippen LogP contribution in [0.4, 0.5) is 0 Å². The van der Waals surface area contributed by atoms with Crippen molar-refractivity contribution in [3.05, 3.63) is 36.5 Å². The first kappa shape index (κ1) is 16.7. The molecule has 0 unspecified atom stereocenters. The van der Waals surface area contributed by atoms with Crippen molar-refractivity contribution >= 4 is 0 Å². The van der Waals surface area contributed by atoms with Gasteiger partial charge in [0.2, 0.25) is 0 Å². The monoisotopic (exact) mass is 154 g/mol. The number of hydrogen-bond donors (Lipinski definition) is 0. The van der Waals surface area contributed by atoms with Crippen molar-refractivity contribution in [1.82, 2.24) is 0 Å². The highest BCUT2D eigenvalue weighted by Crippen LogP contribution is 1.92. The molecule has 0 radical (unpaired) electrons. The van der Waals surface area contributed by atoms with Gasteiger partial charge in [-0.05, 0) is 13.8 Å². The van der Waals surface area contributed by atoms with Gasteiger partial charge in [-0.15, -0.1) is 0 Å². The maximum Gasteiger partial charge on any atom is -0.0398 e. The van der Waals surface area contributed by atoms with Gasteiger partial charge in [0.25, 0.3) is 0 Å². The van der Waals surface area contributed by atoms with E-state index in [1.54, 1.807) is 6.08 Å². The van der Waals surface area contributed by atoms with E-state index in [1.807, 2.05) is 45.9 Å². The third-order valence-corrected chi connectivity index (χ3v) is 0.810. The van der Waals surface area contributed by atoms with Gasteiger partial charge in [0.15, 0.2) is 0 Å².